The Hall–Kier alpha value is -3.43. The van der Waals surface area contributed by atoms with Gasteiger partial charge in [-0.3, -0.25) is 4.79 Å². The summed E-state index contributed by atoms with van der Waals surface area (Å²) in [6, 6.07) is 20.4. The first-order chi connectivity index (χ1) is 16.3. The van der Waals surface area contributed by atoms with Crippen LogP contribution in [0.1, 0.15) is 36.1 Å². The molecule has 0 radical (unpaired) electrons. The number of nitrogens with one attached hydrogen (secondary N) is 2. The number of benzene rings is 3. The van der Waals surface area contributed by atoms with Crippen molar-refractivity contribution in [2.24, 2.45) is 0 Å². The summed E-state index contributed by atoms with van der Waals surface area (Å²) in [7, 11) is -3.82. The van der Waals surface area contributed by atoms with Crippen LogP contribution in [0, 0.1) is 0 Å². The highest BCUT2D eigenvalue weighted by Crippen LogP contribution is 2.34. The van der Waals surface area contributed by atoms with E-state index >= 15 is 0 Å². The molecule has 4 aromatic rings. The van der Waals surface area contributed by atoms with Crippen LogP contribution in [0.25, 0.3) is 10.9 Å². The van der Waals surface area contributed by atoms with Gasteiger partial charge in [-0.25, -0.2) is 13.1 Å². The standard InChI is InChI=1S/C26H23F3N2O3S/c1-25(2,19-6-4-3-5-7-19)31-35(33,34)20-11-8-17(9-12-20)14-18-10-13-23-21(15-18)22(26(27,28)29)16-24(32)30-23/h3-13,15-16,31H,14H2,1-2H3,(H,30,32). The number of aromatic nitrogens is 1. The van der Waals surface area contributed by atoms with Gasteiger partial charge in [0.15, 0.2) is 0 Å². The first kappa shape index (κ1) is 24.7. The van der Waals surface area contributed by atoms with E-state index in [0.717, 1.165) is 11.1 Å². The minimum atomic E-state index is -4.67. The molecule has 9 heteroatoms. The highest BCUT2D eigenvalue weighted by Gasteiger charge is 2.33. The van der Waals surface area contributed by atoms with E-state index in [-0.39, 0.29) is 22.2 Å². The molecule has 182 valence electrons. The third kappa shape index (κ3) is 5.47. The number of rotatable bonds is 6. The van der Waals surface area contributed by atoms with E-state index < -0.39 is 32.9 Å². The topological polar surface area (TPSA) is 79.0 Å². The SMILES string of the molecule is CC(C)(NS(=O)(=O)c1ccc(Cc2ccc3[nH]c(=O)cc(C(F)(F)F)c3c2)cc1)c1ccccc1. The number of alkyl halides is 3. The number of fused-ring (bicyclic) bond motifs is 1. The number of hydrogen-bond acceptors (Lipinski definition) is 3. The molecule has 0 fully saturated rings. The number of sulfonamides is 1. The summed E-state index contributed by atoms with van der Waals surface area (Å²) in [4.78, 5) is 14.1. The maximum atomic E-state index is 13.4. The molecular formula is C26H23F3N2O3S. The second-order valence-corrected chi connectivity index (χ2v) is 10.5. The van der Waals surface area contributed by atoms with Gasteiger partial charge < -0.3 is 4.98 Å². The van der Waals surface area contributed by atoms with E-state index in [1.165, 1.54) is 24.3 Å². The van der Waals surface area contributed by atoms with Gasteiger partial charge in [0.25, 0.3) is 0 Å². The van der Waals surface area contributed by atoms with Crippen LogP contribution in [0.2, 0.25) is 0 Å². The molecule has 0 spiro atoms. The van der Waals surface area contributed by atoms with E-state index in [9.17, 15) is 26.4 Å². The molecule has 0 aliphatic rings. The number of H-pyrrole nitrogens is 1. The van der Waals surface area contributed by atoms with Crippen LogP contribution in [0.3, 0.4) is 0 Å². The maximum absolute atomic E-state index is 13.4. The third-order valence-electron chi connectivity index (χ3n) is 5.74. The van der Waals surface area contributed by atoms with Crippen LogP contribution in [0.5, 0.6) is 0 Å². The minimum absolute atomic E-state index is 0.0840. The molecule has 0 bridgehead atoms. The van der Waals surface area contributed by atoms with Gasteiger partial charge >= 0.3 is 6.18 Å². The van der Waals surface area contributed by atoms with Gasteiger partial charge in [0.1, 0.15) is 0 Å². The molecule has 0 aliphatic heterocycles. The van der Waals surface area contributed by atoms with E-state index in [4.69, 9.17) is 0 Å². The summed E-state index contributed by atoms with van der Waals surface area (Å²) in [5, 5.41) is -0.0962. The van der Waals surface area contributed by atoms with Gasteiger partial charge in [-0.15, -0.1) is 0 Å². The normalized spacial score (nSPS) is 12.7. The zero-order chi connectivity index (χ0) is 25.4. The number of pyridine rings is 1. The van der Waals surface area contributed by atoms with E-state index in [2.05, 4.69) is 9.71 Å². The van der Waals surface area contributed by atoms with Gasteiger partial charge in [0.05, 0.1) is 16.0 Å². The van der Waals surface area contributed by atoms with Crippen molar-refractivity contribution in [1.82, 2.24) is 9.71 Å². The largest absolute Gasteiger partial charge is 0.417 e. The van der Waals surface area contributed by atoms with Crippen molar-refractivity contribution in [3.8, 4) is 0 Å². The number of aromatic amines is 1. The first-order valence-electron chi connectivity index (χ1n) is 10.8. The molecule has 5 nitrogen and oxygen atoms in total. The smallest absolute Gasteiger partial charge is 0.322 e. The quantitative estimate of drug-likeness (QED) is 0.375. The van der Waals surface area contributed by atoms with Crippen molar-refractivity contribution in [2.45, 2.75) is 36.9 Å². The average Bonchev–Trinajstić information content (AvgIpc) is 2.78. The van der Waals surface area contributed by atoms with Crippen LogP contribution in [0.15, 0.2) is 88.6 Å². The lowest BCUT2D eigenvalue weighted by molar-refractivity contribution is -0.136. The average molecular weight is 501 g/mol. The van der Waals surface area contributed by atoms with Crippen molar-refractivity contribution < 1.29 is 21.6 Å². The van der Waals surface area contributed by atoms with Crippen molar-refractivity contribution in [1.29, 1.82) is 0 Å². The molecule has 0 aliphatic carbocycles. The third-order valence-corrected chi connectivity index (χ3v) is 7.41. The zero-order valence-electron chi connectivity index (χ0n) is 19.0. The lowest BCUT2D eigenvalue weighted by atomic mass is 9.96. The minimum Gasteiger partial charge on any atom is -0.322 e. The summed E-state index contributed by atoms with van der Waals surface area (Å²) in [6.45, 7) is 3.55. The Balaban J connectivity index is 1.58. The Morgan fingerprint density at radius 1 is 0.857 bits per heavy atom. The Morgan fingerprint density at radius 3 is 2.11 bits per heavy atom. The van der Waals surface area contributed by atoms with Crippen molar-refractivity contribution in [2.75, 3.05) is 0 Å². The van der Waals surface area contributed by atoms with E-state index in [1.54, 1.807) is 32.0 Å². The fourth-order valence-corrected chi connectivity index (χ4v) is 5.38. The molecule has 1 aromatic heterocycles. The van der Waals surface area contributed by atoms with Crippen molar-refractivity contribution in [3.63, 3.8) is 0 Å². The van der Waals surface area contributed by atoms with Gasteiger partial charge in [-0.05, 0) is 61.2 Å². The Labute approximate surface area is 200 Å². The molecule has 35 heavy (non-hydrogen) atoms. The lowest BCUT2D eigenvalue weighted by Gasteiger charge is -2.26. The molecule has 0 saturated carbocycles. The summed E-state index contributed by atoms with van der Waals surface area (Å²) in [5.41, 5.74) is -0.415. The Kier molecular flexibility index (Phi) is 6.33. The fourth-order valence-electron chi connectivity index (χ4n) is 3.98. The fraction of sp³-hybridized carbons (Fsp3) is 0.192. The van der Waals surface area contributed by atoms with Crippen LogP contribution >= 0.6 is 0 Å². The predicted octanol–water partition coefficient (Wildman–Crippen LogP) is 5.35. The molecule has 1 heterocycles. The maximum Gasteiger partial charge on any atom is 0.417 e. The molecule has 0 saturated heterocycles. The zero-order valence-corrected chi connectivity index (χ0v) is 19.8. The summed E-state index contributed by atoms with van der Waals surface area (Å²) < 4.78 is 68.9. The number of halogens is 3. The summed E-state index contributed by atoms with van der Waals surface area (Å²) in [6.07, 6.45) is -4.38. The Bertz CT molecular complexity index is 1530. The van der Waals surface area contributed by atoms with Crippen LogP contribution in [0.4, 0.5) is 13.2 Å². The molecule has 3 aromatic carbocycles. The highest BCUT2D eigenvalue weighted by atomic mass is 32.2. The number of hydrogen-bond donors (Lipinski definition) is 2. The van der Waals surface area contributed by atoms with Gasteiger partial charge in [-0.1, -0.05) is 48.5 Å². The highest BCUT2D eigenvalue weighted by molar-refractivity contribution is 7.89. The van der Waals surface area contributed by atoms with E-state index in [0.29, 0.717) is 11.6 Å². The molecular weight excluding hydrogens is 477 g/mol. The molecule has 0 atom stereocenters. The molecule has 0 amide bonds. The van der Waals surface area contributed by atoms with Crippen molar-refractivity contribution >= 4 is 20.9 Å². The molecule has 0 unspecified atom stereocenters. The Morgan fingerprint density at radius 2 is 1.49 bits per heavy atom. The van der Waals surface area contributed by atoms with E-state index in [1.807, 2.05) is 30.3 Å². The first-order valence-corrected chi connectivity index (χ1v) is 12.3. The van der Waals surface area contributed by atoms with Crippen LogP contribution in [-0.2, 0) is 28.2 Å². The van der Waals surface area contributed by atoms with Gasteiger partial charge in [0.2, 0.25) is 15.6 Å². The van der Waals surface area contributed by atoms with Gasteiger partial charge in [0, 0.05) is 17.0 Å². The second-order valence-electron chi connectivity index (χ2n) is 8.84. The molecule has 4 rings (SSSR count). The summed E-state index contributed by atoms with van der Waals surface area (Å²) >= 11 is 0. The lowest BCUT2D eigenvalue weighted by Crippen LogP contribution is -2.40. The van der Waals surface area contributed by atoms with Crippen molar-refractivity contribution in [3.05, 3.63) is 111 Å². The molecule has 2 N–H and O–H groups in total. The second kappa shape index (κ2) is 8.98. The monoisotopic (exact) mass is 500 g/mol. The summed E-state index contributed by atoms with van der Waals surface area (Å²) in [5.74, 6) is 0. The van der Waals surface area contributed by atoms with Crippen LogP contribution in [-0.4, -0.2) is 13.4 Å². The van der Waals surface area contributed by atoms with Gasteiger partial charge in [-0.2, -0.15) is 13.2 Å². The predicted molar refractivity (Wildman–Crippen MR) is 129 cm³/mol. The van der Waals surface area contributed by atoms with Crippen LogP contribution < -0.4 is 10.3 Å².